The summed E-state index contributed by atoms with van der Waals surface area (Å²) < 4.78 is 0. The Hall–Kier alpha value is -2.14. The smallest absolute Gasteiger partial charge is 0.275 e. The van der Waals surface area contributed by atoms with Gasteiger partial charge in [0.15, 0.2) is 0 Å². The van der Waals surface area contributed by atoms with E-state index >= 15 is 0 Å². The first-order valence-corrected chi connectivity index (χ1v) is 5.85. The number of amides is 1. The summed E-state index contributed by atoms with van der Waals surface area (Å²) in [5.41, 5.74) is 3.48. The zero-order valence-corrected chi connectivity index (χ0v) is 9.65. The van der Waals surface area contributed by atoms with Crippen LogP contribution in [0.1, 0.15) is 15.9 Å². The fourth-order valence-corrected chi connectivity index (χ4v) is 1.85. The fourth-order valence-electron chi connectivity index (χ4n) is 1.24. The Labute approximate surface area is 102 Å². The number of nitrogens with one attached hydrogen (secondary N) is 1. The Bertz CT molecular complexity index is 535. The quantitative estimate of drug-likeness (QED) is 0.644. The predicted molar refractivity (Wildman–Crippen MR) is 67.5 cm³/mol. The summed E-state index contributed by atoms with van der Waals surface area (Å²) in [6, 6.07) is 8.21. The van der Waals surface area contributed by atoms with Gasteiger partial charge >= 0.3 is 0 Å². The zero-order chi connectivity index (χ0) is 12.1. The molecule has 0 saturated heterocycles. The van der Waals surface area contributed by atoms with E-state index in [9.17, 15) is 9.90 Å². The van der Waals surface area contributed by atoms with Crippen LogP contribution in [0, 0.1) is 0 Å². The van der Waals surface area contributed by atoms with Gasteiger partial charge in [-0.1, -0.05) is 12.1 Å². The van der Waals surface area contributed by atoms with Crippen LogP contribution in [-0.4, -0.2) is 17.2 Å². The highest BCUT2D eigenvalue weighted by Gasteiger charge is 2.08. The molecule has 2 aromatic rings. The molecule has 0 aliphatic rings. The van der Waals surface area contributed by atoms with Crippen LogP contribution in [0.4, 0.5) is 0 Å². The SMILES string of the molecule is O=C(N/N=C\c1ccsc1)c1ccccc1O. The molecule has 0 spiro atoms. The van der Waals surface area contributed by atoms with E-state index in [1.165, 1.54) is 12.1 Å². The first kappa shape index (κ1) is 11.3. The van der Waals surface area contributed by atoms with Gasteiger partial charge in [0.25, 0.3) is 5.91 Å². The molecule has 0 saturated carbocycles. The van der Waals surface area contributed by atoms with Gasteiger partial charge in [0.2, 0.25) is 0 Å². The molecule has 2 N–H and O–H groups in total. The molecule has 5 heteroatoms. The maximum atomic E-state index is 11.6. The minimum atomic E-state index is -0.436. The van der Waals surface area contributed by atoms with Crippen LogP contribution in [0.25, 0.3) is 0 Å². The van der Waals surface area contributed by atoms with E-state index in [0.29, 0.717) is 0 Å². The summed E-state index contributed by atoms with van der Waals surface area (Å²) in [4.78, 5) is 11.6. The molecule has 1 aromatic carbocycles. The summed E-state index contributed by atoms with van der Waals surface area (Å²) in [6.45, 7) is 0. The van der Waals surface area contributed by atoms with Crippen LogP contribution >= 0.6 is 11.3 Å². The molecule has 1 aromatic heterocycles. The minimum Gasteiger partial charge on any atom is -0.507 e. The Kier molecular flexibility index (Phi) is 3.52. The van der Waals surface area contributed by atoms with Gasteiger partial charge in [0, 0.05) is 5.56 Å². The van der Waals surface area contributed by atoms with Crippen LogP contribution in [0.2, 0.25) is 0 Å². The Morgan fingerprint density at radius 1 is 1.35 bits per heavy atom. The number of para-hydroxylation sites is 1. The average molecular weight is 246 g/mol. The maximum absolute atomic E-state index is 11.6. The highest BCUT2D eigenvalue weighted by Crippen LogP contribution is 2.14. The van der Waals surface area contributed by atoms with Gasteiger partial charge in [0.1, 0.15) is 5.75 Å². The second-order valence-electron chi connectivity index (χ2n) is 3.27. The number of nitrogens with zero attached hydrogens (tertiary/aromatic N) is 1. The van der Waals surface area contributed by atoms with Crippen molar-refractivity contribution in [3.05, 3.63) is 52.2 Å². The second kappa shape index (κ2) is 5.27. The molecule has 0 atom stereocenters. The van der Waals surface area contributed by atoms with E-state index < -0.39 is 5.91 Å². The van der Waals surface area contributed by atoms with Crippen LogP contribution < -0.4 is 5.43 Å². The number of thiophene rings is 1. The molecule has 1 amide bonds. The molecule has 1 heterocycles. The molecule has 0 aliphatic heterocycles. The largest absolute Gasteiger partial charge is 0.507 e. The van der Waals surface area contributed by atoms with Crippen molar-refractivity contribution in [1.29, 1.82) is 0 Å². The number of hydrazone groups is 1. The molecular weight excluding hydrogens is 236 g/mol. The zero-order valence-electron chi connectivity index (χ0n) is 8.83. The van der Waals surface area contributed by atoms with E-state index in [-0.39, 0.29) is 11.3 Å². The normalized spacial score (nSPS) is 10.6. The number of phenols is 1. The van der Waals surface area contributed by atoms with Crippen LogP contribution in [0.5, 0.6) is 5.75 Å². The first-order valence-electron chi connectivity index (χ1n) is 4.91. The Morgan fingerprint density at radius 3 is 2.88 bits per heavy atom. The summed E-state index contributed by atoms with van der Waals surface area (Å²) in [6.07, 6.45) is 1.55. The van der Waals surface area contributed by atoms with E-state index in [2.05, 4.69) is 10.5 Å². The van der Waals surface area contributed by atoms with Crippen molar-refractivity contribution in [1.82, 2.24) is 5.43 Å². The molecule has 0 unspecified atom stereocenters. The monoisotopic (exact) mass is 246 g/mol. The summed E-state index contributed by atoms with van der Waals surface area (Å²) in [5, 5.41) is 17.1. The Morgan fingerprint density at radius 2 is 2.18 bits per heavy atom. The van der Waals surface area contributed by atoms with Crippen molar-refractivity contribution >= 4 is 23.5 Å². The number of aromatic hydroxyl groups is 1. The van der Waals surface area contributed by atoms with Crippen molar-refractivity contribution in [2.75, 3.05) is 0 Å². The van der Waals surface area contributed by atoms with Gasteiger partial charge in [-0.05, 0) is 29.0 Å². The van der Waals surface area contributed by atoms with Crippen molar-refractivity contribution < 1.29 is 9.90 Å². The van der Waals surface area contributed by atoms with E-state index in [1.807, 2.05) is 16.8 Å². The van der Waals surface area contributed by atoms with Crippen molar-refractivity contribution in [3.63, 3.8) is 0 Å². The summed E-state index contributed by atoms with van der Waals surface area (Å²) in [7, 11) is 0. The molecular formula is C12H10N2O2S. The number of phenolic OH excluding ortho intramolecular Hbond substituents is 1. The van der Waals surface area contributed by atoms with Gasteiger partial charge in [0.05, 0.1) is 11.8 Å². The molecule has 0 bridgehead atoms. The molecule has 86 valence electrons. The lowest BCUT2D eigenvalue weighted by molar-refractivity contribution is 0.0952. The minimum absolute atomic E-state index is 0.0595. The maximum Gasteiger partial charge on any atom is 0.275 e. The van der Waals surface area contributed by atoms with Crippen LogP contribution in [-0.2, 0) is 0 Å². The second-order valence-corrected chi connectivity index (χ2v) is 4.05. The lowest BCUT2D eigenvalue weighted by atomic mass is 10.2. The molecule has 0 aliphatic carbocycles. The van der Waals surface area contributed by atoms with Gasteiger partial charge < -0.3 is 5.11 Å². The van der Waals surface area contributed by atoms with Crippen molar-refractivity contribution in [2.24, 2.45) is 5.10 Å². The number of rotatable bonds is 3. The third-order valence-corrected chi connectivity index (χ3v) is 2.77. The van der Waals surface area contributed by atoms with Gasteiger partial charge in [-0.15, -0.1) is 0 Å². The molecule has 17 heavy (non-hydrogen) atoms. The number of benzene rings is 1. The molecule has 4 nitrogen and oxygen atoms in total. The molecule has 2 rings (SSSR count). The number of carbonyl (C=O) groups excluding carboxylic acids is 1. The van der Waals surface area contributed by atoms with Crippen molar-refractivity contribution in [3.8, 4) is 5.75 Å². The van der Waals surface area contributed by atoms with Crippen LogP contribution in [0.15, 0.2) is 46.2 Å². The van der Waals surface area contributed by atoms with Crippen LogP contribution in [0.3, 0.4) is 0 Å². The number of hydrogen-bond donors (Lipinski definition) is 2. The molecule has 0 radical (unpaired) electrons. The van der Waals surface area contributed by atoms with E-state index in [4.69, 9.17) is 0 Å². The standard InChI is InChI=1S/C12H10N2O2S/c15-11-4-2-1-3-10(11)12(16)14-13-7-9-5-6-17-8-9/h1-8,15H,(H,14,16)/b13-7-. The fraction of sp³-hybridized carbons (Fsp3) is 0. The van der Waals surface area contributed by atoms with Gasteiger partial charge in [-0.25, -0.2) is 5.43 Å². The summed E-state index contributed by atoms with van der Waals surface area (Å²) >= 11 is 1.55. The number of hydrogen-bond acceptors (Lipinski definition) is 4. The predicted octanol–water partition coefficient (Wildman–Crippen LogP) is 2.22. The Balaban J connectivity index is 2.01. The van der Waals surface area contributed by atoms with Gasteiger partial charge in [-0.3, -0.25) is 4.79 Å². The number of carbonyl (C=O) groups is 1. The van der Waals surface area contributed by atoms with Crippen molar-refractivity contribution in [2.45, 2.75) is 0 Å². The average Bonchev–Trinajstić information content (AvgIpc) is 2.82. The first-order chi connectivity index (χ1) is 8.27. The highest BCUT2D eigenvalue weighted by atomic mass is 32.1. The summed E-state index contributed by atoms with van der Waals surface area (Å²) in [5.74, 6) is -0.495. The van der Waals surface area contributed by atoms with Gasteiger partial charge in [-0.2, -0.15) is 16.4 Å². The van der Waals surface area contributed by atoms with E-state index in [1.54, 1.807) is 29.7 Å². The third-order valence-electron chi connectivity index (χ3n) is 2.07. The van der Waals surface area contributed by atoms with E-state index in [0.717, 1.165) is 5.56 Å². The lowest BCUT2D eigenvalue weighted by Crippen LogP contribution is -2.17. The third kappa shape index (κ3) is 2.92. The lowest BCUT2D eigenvalue weighted by Gasteiger charge is -2.01. The molecule has 0 fully saturated rings. The topological polar surface area (TPSA) is 61.7 Å². The highest BCUT2D eigenvalue weighted by molar-refractivity contribution is 7.08.